The largest absolute Gasteiger partial charge is 0.477 e. The molecule has 2 unspecified atom stereocenters. The van der Waals surface area contributed by atoms with Gasteiger partial charge in [0.25, 0.3) is 11.8 Å². The molecule has 1 saturated heterocycles. The third-order valence-corrected chi connectivity index (χ3v) is 8.81. The molecule has 1 aromatic heterocycles. The lowest BCUT2D eigenvalue weighted by Crippen LogP contribution is -2.70. The molecule has 0 aliphatic carbocycles. The molecule has 0 saturated carbocycles. The number of aliphatic carboxylic acids is 1. The van der Waals surface area contributed by atoms with Crippen molar-refractivity contribution in [3.63, 3.8) is 0 Å². The Kier molecular flexibility index (Phi) is 7.97. The van der Waals surface area contributed by atoms with E-state index in [-0.39, 0.29) is 23.4 Å². The molecular weight excluding hydrogens is 528 g/mol. The van der Waals surface area contributed by atoms with Gasteiger partial charge in [0.15, 0.2) is 10.4 Å². The SMILES string of the molecule is CCOC(=O)c1ccc(C(O)C(=O)NC2C(=O)N3C(C(=O)O)=C(CSc4nnc(C)s4)CS[C@H]23)cc1. The van der Waals surface area contributed by atoms with Gasteiger partial charge in [0.2, 0.25) is 0 Å². The van der Waals surface area contributed by atoms with Crippen molar-refractivity contribution < 1.29 is 34.1 Å². The summed E-state index contributed by atoms with van der Waals surface area (Å²) in [5.41, 5.74) is 1.01. The van der Waals surface area contributed by atoms with Gasteiger partial charge in [-0.2, -0.15) is 0 Å². The van der Waals surface area contributed by atoms with Gasteiger partial charge in [0.05, 0.1) is 12.2 Å². The third kappa shape index (κ3) is 5.26. The zero-order valence-electron chi connectivity index (χ0n) is 19.2. The van der Waals surface area contributed by atoms with Crippen LogP contribution in [-0.4, -0.2) is 78.6 Å². The second kappa shape index (κ2) is 11.0. The molecule has 14 heteroatoms. The standard InChI is InChI=1S/C22H22N4O7S3/c1-3-33-21(32)12-6-4-11(5-7-12)16(27)17(28)23-14-18(29)26-15(20(30)31)13(8-34-19(14)26)9-35-22-25-24-10(2)36-22/h4-7,14,16,19,27H,3,8-9H2,1-2H3,(H,23,28)(H,30,31)/t14?,16?,19-/m1/s1. The van der Waals surface area contributed by atoms with Crippen LogP contribution < -0.4 is 5.32 Å². The number of aliphatic hydroxyl groups excluding tert-OH is 1. The number of fused-ring (bicyclic) bond motifs is 1. The summed E-state index contributed by atoms with van der Waals surface area (Å²) in [5.74, 6) is -2.38. The molecule has 0 spiro atoms. The van der Waals surface area contributed by atoms with Crippen LogP contribution in [0.1, 0.15) is 34.0 Å². The first-order valence-electron chi connectivity index (χ1n) is 10.8. The normalized spacial score (nSPS) is 19.9. The molecule has 4 rings (SSSR count). The monoisotopic (exact) mass is 550 g/mol. The topological polar surface area (TPSA) is 159 Å². The number of ether oxygens (including phenoxy) is 1. The van der Waals surface area contributed by atoms with Crippen molar-refractivity contribution in [2.45, 2.75) is 35.7 Å². The van der Waals surface area contributed by atoms with Gasteiger partial charge in [0, 0.05) is 11.5 Å². The summed E-state index contributed by atoms with van der Waals surface area (Å²) in [6, 6.07) is 4.75. The zero-order valence-corrected chi connectivity index (χ0v) is 21.6. The number of nitrogens with zero attached hydrogens (tertiary/aromatic N) is 3. The van der Waals surface area contributed by atoms with Gasteiger partial charge in [-0.05, 0) is 37.1 Å². The molecular formula is C22H22N4O7S3. The fraction of sp³-hybridized carbons (Fsp3) is 0.364. The number of nitrogens with one attached hydrogen (secondary N) is 1. The van der Waals surface area contributed by atoms with E-state index in [1.54, 1.807) is 6.92 Å². The molecule has 36 heavy (non-hydrogen) atoms. The number of benzene rings is 1. The Morgan fingerprint density at radius 1 is 1.28 bits per heavy atom. The number of carboxylic acid groups (broad SMARTS) is 1. The summed E-state index contributed by atoms with van der Waals surface area (Å²) in [5, 5.41) is 31.0. The maximum Gasteiger partial charge on any atom is 0.352 e. The van der Waals surface area contributed by atoms with Gasteiger partial charge >= 0.3 is 11.9 Å². The van der Waals surface area contributed by atoms with Crippen molar-refractivity contribution in [3.05, 3.63) is 51.7 Å². The van der Waals surface area contributed by atoms with Crippen molar-refractivity contribution >= 4 is 58.6 Å². The van der Waals surface area contributed by atoms with Gasteiger partial charge in [0.1, 0.15) is 22.1 Å². The molecule has 1 fully saturated rings. The third-order valence-electron chi connectivity index (χ3n) is 5.41. The first kappa shape index (κ1) is 26.1. The van der Waals surface area contributed by atoms with Crippen molar-refractivity contribution in [1.29, 1.82) is 0 Å². The lowest BCUT2D eigenvalue weighted by atomic mass is 10.0. The maximum absolute atomic E-state index is 12.9. The Labute approximate surface area is 218 Å². The molecule has 0 radical (unpaired) electrons. The van der Waals surface area contributed by atoms with E-state index in [9.17, 15) is 29.4 Å². The van der Waals surface area contributed by atoms with Gasteiger partial charge < -0.3 is 20.3 Å². The number of amides is 2. The summed E-state index contributed by atoms with van der Waals surface area (Å²) in [6.07, 6.45) is -1.58. The first-order chi connectivity index (χ1) is 17.2. The Bertz CT molecular complexity index is 1230. The van der Waals surface area contributed by atoms with E-state index >= 15 is 0 Å². The van der Waals surface area contributed by atoms with E-state index < -0.39 is 41.3 Å². The van der Waals surface area contributed by atoms with Crippen LogP contribution in [0, 0.1) is 6.92 Å². The maximum atomic E-state index is 12.9. The van der Waals surface area contributed by atoms with Crippen LogP contribution in [0.3, 0.4) is 0 Å². The molecule has 3 N–H and O–H groups in total. The average Bonchev–Trinajstić information content (AvgIpc) is 3.29. The van der Waals surface area contributed by atoms with Crippen LogP contribution in [0.5, 0.6) is 0 Å². The Morgan fingerprint density at radius 3 is 2.61 bits per heavy atom. The highest BCUT2D eigenvalue weighted by atomic mass is 32.2. The fourth-order valence-electron chi connectivity index (χ4n) is 3.68. The second-order valence-corrected chi connectivity index (χ2v) is 11.3. The predicted octanol–water partition coefficient (Wildman–Crippen LogP) is 1.59. The molecule has 0 bridgehead atoms. The Balaban J connectivity index is 1.41. The highest BCUT2D eigenvalue weighted by molar-refractivity contribution is 8.01. The van der Waals surface area contributed by atoms with Crippen molar-refractivity contribution in [2.24, 2.45) is 0 Å². The second-order valence-electron chi connectivity index (χ2n) is 7.77. The number of carbonyl (C=O) groups excluding carboxylic acids is 3. The first-order valence-corrected chi connectivity index (χ1v) is 13.6. The quantitative estimate of drug-likeness (QED) is 0.236. The number of aromatic nitrogens is 2. The number of β-lactam (4-membered cyclic amide) rings is 1. The molecule has 190 valence electrons. The number of carboxylic acids is 1. The number of aliphatic hydroxyl groups is 1. The van der Waals surface area contributed by atoms with Crippen LogP contribution in [0.2, 0.25) is 0 Å². The van der Waals surface area contributed by atoms with E-state index in [4.69, 9.17) is 4.74 Å². The summed E-state index contributed by atoms with van der Waals surface area (Å²) in [7, 11) is 0. The average molecular weight is 551 g/mol. The predicted molar refractivity (Wildman–Crippen MR) is 132 cm³/mol. The molecule has 3 heterocycles. The smallest absolute Gasteiger partial charge is 0.352 e. The van der Waals surface area contributed by atoms with Gasteiger partial charge in [-0.15, -0.1) is 22.0 Å². The van der Waals surface area contributed by atoms with Crippen molar-refractivity contribution in [3.8, 4) is 0 Å². The number of thioether (sulfide) groups is 2. The van der Waals surface area contributed by atoms with E-state index in [0.29, 0.717) is 21.4 Å². The minimum Gasteiger partial charge on any atom is -0.477 e. The van der Waals surface area contributed by atoms with Gasteiger partial charge in [-0.1, -0.05) is 35.2 Å². The number of esters is 1. The van der Waals surface area contributed by atoms with Crippen molar-refractivity contribution in [1.82, 2.24) is 20.4 Å². The highest BCUT2D eigenvalue weighted by Gasteiger charge is 2.54. The fourth-order valence-corrected chi connectivity index (χ4v) is 6.98. The lowest BCUT2D eigenvalue weighted by Gasteiger charge is -2.49. The van der Waals surface area contributed by atoms with Crippen molar-refractivity contribution in [2.75, 3.05) is 18.1 Å². The van der Waals surface area contributed by atoms with Crippen LogP contribution in [-0.2, 0) is 19.1 Å². The summed E-state index contributed by atoms with van der Waals surface area (Å²) in [4.78, 5) is 50.5. The molecule has 2 aromatic rings. The Hall–Kier alpha value is -2.94. The minimum atomic E-state index is -1.58. The minimum absolute atomic E-state index is 0.0851. The zero-order chi connectivity index (χ0) is 26.0. The van der Waals surface area contributed by atoms with E-state index in [0.717, 1.165) is 5.01 Å². The molecule has 3 atom stereocenters. The van der Waals surface area contributed by atoms with Gasteiger partial charge in [-0.25, -0.2) is 9.59 Å². The molecule has 1 aromatic carbocycles. The number of rotatable bonds is 9. The van der Waals surface area contributed by atoms with Crippen LogP contribution >= 0.6 is 34.9 Å². The number of hydrogen-bond acceptors (Lipinski definition) is 11. The summed E-state index contributed by atoms with van der Waals surface area (Å²) < 4.78 is 5.62. The summed E-state index contributed by atoms with van der Waals surface area (Å²) in [6.45, 7) is 3.73. The van der Waals surface area contributed by atoms with Crippen LogP contribution in [0.25, 0.3) is 0 Å². The molecule has 2 aliphatic heterocycles. The number of carbonyl (C=O) groups is 4. The van der Waals surface area contributed by atoms with E-state index in [1.807, 2.05) is 6.92 Å². The summed E-state index contributed by atoms with van der Waals surface area (Å²) >= 11 is 4.10. The molecule has 2 aliphatic rings. The van der Waals surface area contributed by atoms with E-state index in [1.165, 1.54) is 64.0 Å². The van der Waals surface area contributed by atoms with Gasteiger partial charge in [-0.3, -0.25) is 14.5 Å². The van der Waals surface area contributed by atoms with E-state index in [2.05, 4.69) is 15.5 Å². The molecule has 11 nitrogen and oxygen atoms in total. The Morgan fingerprint density at radius 2 is 2.00 bits per heavy atom. The van der Waals surface area contributed by atoms with Crippen LogP contribution in [0.15, 0.2) is 39.9 Å². The lowest BCUT2D eigenvalue weighted by molar-refractivity contribution is -0.151. The van der Waals surface area contributed by atoms with Crippen LogP contribution in [0.4, 0.5) is 0 Å². The molecule has 2 amide bonds. The number of aryl methyl sites for hydroxylation is 1. The number of hydrogen-bond donors (Lipinski definition) is 3. The highest BCUT2D eigenvalue weighted by Crippen LogP contribution is 2.42.